The molecule has 0 bridgehead atoms. The molecule has 0 unspecified atom stereocenters. The molecule has 2 amide bonds. The number of nitrogens with one attached hydrogen (secondary N) is 2. The second kappa shape index (κ2) is 8.53. The maximum absolute atomic E-state index is 12.2. The molecule has 2 N–H and O–H groups in total. The number of alkyl carbamates (subject to hydrolysis) is 1. The van der Waals surface area contributed by atoms with E-state index in [0.717, 1.165) is 16.3 Å². The fourth-order valence-electron chi connectivity index (χ4n) is 2.38. The smallest absolute Gasteiger partial charge is 0.407 e. The Labute approximate surface area is 140 Å². The average Bonchev–Trinajstić information content (AvgIpc) is 2.59. The number of rotatable bonds is 6. The molecule has 0 heterocycles. The number of carbonyl (C=O) groups is 2. The topological polar surface area (TPSA) is 91.2 Å². The fraction of sp³-hybridized carbons (Fsp3) is 0.278. The van der Waals surface area contributed by atoms with E-state index in [9.17, 15) is 9.59 Å². The van der Waals surface area contributed by atoms with Gasteiger partial charge in [0.05, 0.1) is 12.7 Å². The predicted molar refractivity (Wildman–Crippen MR) is 90.2 cm³/mol. The Balaban J connectivity index is 2.16. The molecule has 0 aromatic heterocycles. The lowest BCUT2D eigenvalue weighted by Crippen LogP contribution is -2.48. The first-order valence-corrected chi connectivity index (χ1v) is 7.69. The van der Waals surface area contributed by atoms with Crippen LogP contribution in [-0.4, -0.2) is 31.2 Å². The molecular weight excluding hydrogens is 306 g/mol. The van der Waals surface area contributed by atoms with E-state index in [1.165, 1.54) is 0 Å². The van der Waals surface area contributed by atoms with E-state index in [4.69, 9.17) is 10.00 Å². The van der Waals surface area contributed by atoms with Gasteiger partial charge < -0.3 is 15.4 Å². The highest BCUT2D eigenvalue weighted by molar-refractivity contribution is 5.87. The second-order valence-corrected chi connectivity index (χ2v) is 5.18. The van der Waals surface area contributed by atoms with Crippen molar-refractivity contribution < 1.29 is 14.3 Å². The van der Waals surface area contributed by atoms with Crippen molar-refractivity contribution in [3.63, 3.8) is 0 Å². The largest absolute Gasteiger partial charge is 0.450 e. The van der Waals surface area contributed by atoms with Crippen LogP contribution in [0.1, 0.15) is 12.5 Å². The van der Waals surface area contributed by atoms with E-state index in [1.54, 1.807) is 6.92 Å². The predicted octanol–water partition coefficient (Wildman–Crippen LogP) is 2.14. The molecule has 2 aromatic rings. The van der Waals surface area contributed by atoms with Gasteiger partial charge in [-0.25, -0.2) is 4.79 Å². The van der Waals surface area contributed by atoms with Gasteiger partial charge >= 0.3 is 6.09 Å². The fourth-order valence-corrected chi connectivity index (χ4v) is 2.38. The molecule has 2 rings (SSSR count). The van der Waals surface area contributed by atoms with E-state index < -0.39 is 18.0 Å². The highest BCUT2D eigenvalue weighted by Gasteiger charge is 2.21. The third-order valence-corrected chi connectivity index (χ3v) is 3.48. The summed E-state index contributed by atoms with van der Waals surface area (Å²) in [4.78, 5) is 23.8. The van der Waals surface area contributed by atoms with Gasteiger partial charge in [0.2, 0.25) is 5.91 Å². The molecule has 124 valence electrons. The normalized spacial score (nSPS) is 11.3. The summed E-state index contributed by atoms with van der Waals surface area (Å²) in [7, 11) is 0. The summed E-state index contributed by atoms with van der Waals surface area (Å²) in [6.07, 6.45) is -0.351. The summed E-state index contributed by atoms with van der Waals surface area (Å²) in [5.74, 6) is -0.419. The Morgan fingerprint density at radius 1 is 1.21 bits per heavy atom. The summed E-state index contributed by atoms with van der Waals surface area (Å²) in [6.45, 7) is 1.79. The molecule has 0 saturated heterocycles. The number of ether oxygens (including phenoxy) is 1. The molecule has 1 atom stereocenters. The molecule has 0 aliphatic heterocycles. The number of nitriles is 1. The lowest BCUT2D eigenvalue weighted by molar-refractivity contribution is -0.122. The van der Waals surface area contributed by atoms with Gasteiger partial charge in [0.25, 0.3) is 0 Å². The average molecular weight is 325 g/mol. The number of carbonyl (C=O) groups excluding carboxylic acids is 2. The van der Waals surface area contributed by atoms with E-state index in [1.807, 2.05) is 48.5 Å². The first-order chi connectivity index (χ1) is 11.6. The number of amides is 2. The molecule has 0 radical (unpaired) electrons. The van der Waals surface area contributed by atoms with Crippen LogP contribution in [0.3, 0.4) is 0 Å². The van der Waals surface area contributed by atoms with E-state index >= 15 is 0 Å². The Kier molecular flexibility index (Phi) is 6.15. The summed E-state index contributed by atoms with van der Waals surface area (Å²) in [6, 6.07) is 14.8. The Hall–Kier alpha value is -3.07. The summed E-state index contributed by atoms with van der Waals surface area (Å²) < 4.78 is 4.84. The second-order valence-electron chi connectivity index (χ2n) is 5.18. The van der Waals surface area contributed by atoms with Crippen LogP contribution in [0, 0.1) is 11.3 Å². The first kappa shape index (κ1) is 17.3. The summed E-state index contributed by atoms with van der Waals surface area (Å²) in [5.41, 5.74) is 0.905. The third-order valence-electron chi connectivity index (χ3n) is 3.48. The Morgan fingerprint density at radius 3 is 2.67 bits per heavy atom. The van der Waals surface area contributed by atoms with Gasteiger partial charge in [0.1, 0.15) is 12.6 Å². The monoisotopic (exact) mass is 325 g/mol. The summed E-state index contributed by atoms with van der Waals surface area (Å²) in [5, 5.41) is 15.8. The Morgan fingerprint density at radius 2 is 1.96 bits per heavy atom. The summed E-state index contributed by atoms with van der Waals surface area (Å²) >= 11 is 0. The zero-order valence-electron chi connectivity index (χ0n) is 13.4. The zero-order chi connectivity index (χ0) is 17.4. The van der Waals surface area contributed by atoms with E-state index in [2.05, 4.69) is 10.6 Å². The zero-order valence-corrected chi connectivity index (χ0v) is 13.4. The minimum atomic E-state index is -0.807. The number of hydrogen-bond donors (Lipinski definition) is 2. The Bertz CT molecular complexity index is 767. The van der Waals surface area contributed by atoms with Gasteiger partial charge in [-0.15, -0.1) is 0 Å². The quantitative estimate of drug-likeness (QED) is 0.796. The molecular formula is C18H19N3O3. The van der Waals surface area contributed by atoms with Gasteiger partial charge in [-0.2, -0.15) is 5.26 Å². The minimum Gasteiger partial charge on any atom is -0.450 e. The standard InChI is InChI=1S/C18H19N3O3/c1-2-24-18(23)21-16(17(22)20-10-9-19)12-13-7-8-14-5-3-4-6-15(14)11-13/h3-8,11,16H,2,10,12H2,1H3,(H,20,22)(H,21,23)/t16-/m0/s1. The van der Waals surface area contributed by atoms with Crippen LogP contribution in [-0.2, 0) is 16.0 Å². The SMILES string of the molecule is CCOC(=O)N[C@@H](Cc1ccc2ccccc2c1)C(=O)NCC#N. The molecule has 24 heavy (non-hydrogen) atoms. The lowest BCUT2D eigenvalue weighted by Gasteiger charge is -2.17. The van der Waals surface area contributed by atoms with Crippen molar-refractivity contribution in [3.05, 3.63) is 48.0 Å². The molecule has 0 saturated carbocycles. The van der Waals surface area contributed by atoms with Crippen molar-refractivity contribution in [2.75, 3.05) is 13.2 Å². The van der Waals surface area contributed by atoms with Gasteiger partial charge in [-0.1, -0.05) is 42.5 Å². The molecule has 6 heteroatoms. The maximum Gasteiger partial charge on any atom is 0.407 e. The van der Waals surface area contributed by atoms with Crippen molar-refractivity contribution in [3.8, 4) is 6.07 Å². The van der Waals surface area contributed by atoms with E-state index in [-0.39, 0.29) is 13.2 Å². The van der Waals surface area contributed by atoms with Gasteiger partial charge in [-0.05, 0) is 23.3 Å². The molecule has 6 nitrogen and oxygen atoms in total. The molecule has 0 fully saturated rings. The molecule has 0 aliphatic carbocycles. The van der Waals surface area contributed by atoms with Crippen molar-refractivity contribution in [2.24, 2.45) is 0 Å². The number of hydrogen-bond acceptors (Lipinski definition) is 4. The van der Waals surface area contributed by atoms with Crippen LogP contribution in [0.2, 0.25) is 0 Å². The molecule has 0 aliphatic rings. The van der Waals surface area contributed by atoms with Crippen LogP contribution in [0.5, 0.6) is 0 Å². The third kappa shape index (κ3) is 4.71. The first-order valence-electron chi connectivity index (χ1n) is 7.69. The van der Waals surface area contributed by atoms with Crippen LogP contribution < -0.4 is 10.6 Å². The van der Waals surface area contributed by atoms with E-state index in [0.29, 0.717) is 6.42 Å². The number of fused-ring (bicyclic) bond motifs is 1. The molecule has 2 aromatic carbocycles. The number of benzene rings is 2. The lowest BCUT2D eigenvalue weighted by atomic mass is 10.0. The van der Waals surface area contributed by atoms with Crippen LogP contribution in [0.4, 0.5) is 4.79 Å². The van der Waals surface area contributed by atoms with Gasteiger partial charge in [0.15, 0.2) is 0 Å². The molecule has 0 spiro atoms. The van der Waals surface area contributed by atoms with Crippen molar-refractivity contribution >= 4 is 22.8 Å². The van der Waals surface area contributed by atoms with Crippen molar-refractivity contribution in [1.29, 1.82) is 5.26 Å². The highest BCUT2D eigenvalue weighted by Crippen LogP contribution is 2.16. The highest BCUT2D eigenvalue weighted by atomic mass is 16.5. The van der Waals surface area contributed by atoms with Gasteiger partial charge in [-0.3, -0.25) is 4.79 Å². The van der Waals surface area contributed by atoms with Crippen molar-refractivity contribution in [2.45, 2.75) is 19.4 Å². The minimum absolute atomic E-state index is 0.114. The van der Waals surface area contributed by atoms with Crippen molar-refractivity contribution in [1.82, 2.24) is 10.6 Å². The maximum atomic E-state index is 12.2. The van der Waals surface area contributed by atoms with Crippen LogP contribution >= 0.6 is 0 Å². The van der Waals surface area contributed by atoms with Crippen LogP contribution in [0.15, 0.2) is 42.5 Å². The van der Waals surface area contributed by atoms with Gasteiger partial charge in [0, 0.05) is 6.42 Å². The van der Waals surface area contributed by atoms with Crippen LogP contribution in [0.25, 0.3) is 10.8 Å². The number of nitrogens with zero attached hydrogens (tertiary/aromatic N) is 1.